The maximum absolute atomic E-state index is 12.3. The first-order chi connectivity index (χ1) is 13.2. The van der Waals surface area contributed by atoms with Gasteiger partial charge in [-0.15, -0.1) is 0 Å². The van der Waals surface area contributed by atoms with Gasteiger partial charge in [0.15, 0.2) is 5.96 Å². The molecule has 0 radical (unpaired) electrons. The van der Waals surface area contributed by atoms with Crippen LogP contribution in [-0.2, 0) is 22.3 Å². The van der Waals surface area contributed by atoms with Crippen molar-refractivity contribution in [1.29, 1.82) is 0 Å². The van der Waals surface area contributed by atoms with E-state index in [2.05, 4.69) is 22.3 Å². The summed E-state index contributed by atoms with van der Waals surface area (Å²) in [5.41, 5.74) is 1.71. The Morgan fingerprint density at radius 3 is 2.57 bits per heavy atom. The summed E-state index contributed by atoms with van der Waals surface area (Å²) in [7, 11) is -3.37. The molecule has 1 aliphatic heterocycles. The van der Waals surface area contributed by atoms with Crippen molar-refractivity contribution in [2.45, 2.75) is 63.6 Å². The normalized spacial score (nSPS) is 20.5. The van der Waals surface area contributed by atoms with E-state index in [1.165, 1.54) is 18.6 Å². The SMILES string of the molecule is CCNC(=NCc1ccccc1CS(=O)(=O)NC(C)C)NCC1(C)CCCS1. The van der Waals surface area contributed by atoms with Gasteiger partial charge in [-0.3, -0.25) is 0 Å². The molecule has 0 spiro atoms. The third-order valence-electron chi connectivity index (χ3n) is 4.56. The van der Waals surface area contributed by atoms with E-state index in [0.29, 0.717) is 6.54 Å². The zero-order valence-corrected chi connectivity index (χ0v) is 19.0. The molecular weight excluding hydrogens is 392 g/mol. The minimum Gasteiger partial charge on any atom is -0.357 e. The molecular formula is C20H34N4O2S2. The molecule has 1 heterocycles. The highest BCUT2D eigenvalue weighted by atomic mass is 32.2. The standard InChI is InChI=1S/C20H34N4O2S2/c1-5-21-19(23-15-20(4)11-8-12-27-20)22-13-17-9-6-7-10-18(17)14-28(25,26)24-16(2)3/h6-7,9-10,16,24H,5,8,11-15H2,1-4H3,(H2,21,22,23). The Morgan fingerprint density at radius 1 is 1.25 bits per heavy atom. The summed E-state index contributed by atoms with van der Waals surface area (Å²) in [4.78, 5) is 4.70. The zero-order valence-electron chi connectivity index (χ0n) is 17.4. The number of benzene rings is 1. The molecule has 1 aromatic carbocycles. The first-order valence-corrected chi connectivity index (χ1v) is 12.6. The Labute approximate surface area is 174 Å². The average Bonchev–Trinajstić information content (AvgIpc) is 3.04. The summed E-state index contributed by atoms with van der Waals surface area (Å²) < 4.78 is 27.5. The van der Waals surface area contributed by atoms with Crippen molar-refractivity contribution in [1.82, 2.24) is 15.4 Å². The van der Waals surface area contributed by atoms with E-state index in [-0.39, 0.29) is 16.5 Å². The van der Waals surface area contributed by atoms with Crippen LogP contribution in [-0.4, -0.2) is 44.0 Å². The lowest BCUT2D eigenvalue weighted by Crippen LogP contribution is -2.43. The lowest BCUT2D eigenvalue weighted by atomic mass is 10.1. The molecule has 2 rings (SSSR count). The van der Waals surface area contributed by atoms with Crippen molar-refractivity contribution in [3.05, 3.63) is 35.4 Å². The molecule has 8 heteroatoms. The van der Waals surface area contributed by atoms with Crippen LogP contribution in [0.4, 0.5) is 0 Å². The molecule has 6 nitrogen and oxygen atoms in total. The van der Waals surface area contributed by atoms with Crippen molar-refractivity contribution in [3.8, 4) is 0 Å². The number of nitrogens with one attached hydrogen (secondary N) is 3. The number of thioether (sulfide) groups is 1. The van der Waals surface area contributed by atoms with Crippen molar-refractivity contribution in [2.75, 3.05) is 18.8 Å². The minimum absolute atomic E-state index is 0.0322. The Hall–Kier alpha value is -1.25. The van der Waals surface area contributed by atoms with Crippen LogP contribution >= 0.6 is 11.8 Å². The average molecular weight is 427 g/mol. The number of rotatable bonds is 9. The molecule has 1 unspecified atom stereocenters. The molecule has 0 aliphatic carbocycles. The molecule has 3 N–H and O–H groups in total. The van der Waals surface area contributed by atoms with Gasteiger partial charge in [0.2, 0.25) is 10.0 Å². The molecule has 1 atom stereocenters. The third kappa shape index (κ3) is 7.64. The van der Waals surface area contributed by atoms with E-state index in [1.807, 2.05) is 56.8 Å². The fourth-order valence-corrected chi connectivity index (χ4v) is 5.95. The summed E-state index contributed by atoms with van der Waals surface area (Å²) >= 11 is 2.01. The lowest BCUT2D eigenvalue weighted by Gasteiger charge is -2.24. The van der Waals surface area contributed by atoms with Gasteiger partial charge in [0, 0.05) is 23.9 Å². The molecule has 0 aromatic heterocycles. The van der Waals surface area contributed by atoms with Crippen LogP contribution in [0.3, 0.4) is 0 Å². The summed E-state index contributed by atoms with van der Waals surface area (Å²) in [6, 6.07) is 7.49. The highest BCUT2D eigenvalue weighted by molar-refractivity contribution is 8.00. The van der Waals surface area contributed by atoms with E-state index < -0.39 is 10.0 Å². The molecule has 158 valence electrons. The summed E-state index contributed by atoms with van der Waals surface area (Å²) in [5.74, 6) is 1.96. The van der Waals surface area contributed by atoms with Crippen molar-refractivity contribution in [2.24, 2.45) is 4.99 Å². The molecule has 0 saturated carbocycles. The Kier molecular flexibility index (Phi) is 8.64. The molecule has 28 heavy (non-hydrogen) atoms. The van der Waals surface area contributed by atoms with Crippen LogP contribution in [0.1, 0.15) is 51.7 Å². The van der Waals surface area contributed by atoms with Crippen molar-refractivity contribution in [3.63, 3.8) is 0 Å². The predicted octanol–water partition coefficient (Wildman–Crippen LogP) is 2.86. The van der Waals surface area contributed by atoms with Crippen LogP contribution in [0.2, 0.25) is 0 Å². The van der Waals surface area contributed by atoms with Crippen LogP contribution in [0.25, 0.3) is 0 Å². The monoisotopic (exact) mass is 426 g/mol. The van der Waals surface area contributed by atoms with Crippen LogP contribution in [0.5, 0.6) is 0 Å². The first kappa shape index (κ1) is 23.0. The first-order valence-electron chi connectivity index (χ1n) is 9.96. The largest absolute Gasteiger partial charge is 0.357 e. The second-order valence-electron chi connectivity index (χ2n) is 7.75. The van der Waals surface area contributed by atoms with Gasteiger partial charge >= 0.3 is 0 Å². The smallest absolute Gasteiger partial charge is 0.216 e. The van der Waals surface area contributed by atoms with Gasteiger partial charge in [-0.05, 0) is 57.4 Å². The van der Waals surface area contributed by atoms with Crippen LogP contribution in [0, 0.1) is 0 Å². The number of hydrogen-bond acceptors (Lipinski definition) is 4. The third-order valence-corrected chi connectivity index (χ3v) is 7.62. The van der Waals surface area contributed by atoms with Gasteiger partial charge in [0.1, 0.15) is 0 Å². The summed E-state index contributed by atoms with van der Waals surface area (Å²) in [5, 5.41) is 6.74. The quantitative estimate of drug-likeness (QED) is 0.418. The van der Waals surface area contributed by atoms with E-state index in [0.717, 1.165) is 30.2 Å². The maximum atomic E-state index is 12.3. The van der Waals surface area contributed by atoms with Gasteiger partial charge in [0.05, 0.1) is 12.3 Å². The van der Waals surface area contributed by atoms with Crippen LogP contribution < -0.4 is 15.4 Å². The number of nitrogens with zero attached hydrogens (tertiary/aromatic N) is 1. The number of guanidine groups is 1. The summed E-state index contributed by atoms with van der Waals surface area (Å²) in [6.07, 6.45) is 2.48. The molecule has 1 fully saturated rings. The van der Waals surface area contributed by atoms with Crippen molar-refractivity contribution < 1.29 is 8.42 Å². The van der Waals surface area contributed by atoms with Gasteiger partial charge in [0.25, 0.3) is 0 Å². The highest BCUT2D eigenvalue weighted by Crippen LogP contribution is 2.36. The van der Waals surface area contributed by atoms with Gasteiger partial charge < -0.3 is 10.6 Å². The molecule has 1 saturated heterocycles. The Bertz CT molecular complexity index is 757. The van der Waals surface area contributed by atoms with Gasteiger partial charge in [-0.1, -0.05) is 24.3 Å². The topological polar surface area (TPSA) is 82.6 Å². The second-order valence-corrected chi connectivity index (χ2v) is 11.2. The number of aliphatic imine (C=N–C) groups is 1. The fourth-order valence-electron chi connectivity index (χ4n) is 3.21. The van der Waals surface area contributed by atoms with E-state index >= 15 is 0 Å². The van der Waals surface area contributed by atoms with Gasteiger partial charge in [-0.2, -0.15) is 11.8 Å². The van der Waals surface area contributed by atoms with E-state index in [9.17, 15) is 8.42 Å². The lowest BCUT2D eigenvalue weighted by molar-refractivity contribution is 0.568. The van der Waals surface area contributed by atoms with Crippen LogP contribution in [0.15, 0.2) is 29.3 Å². The highest BCUT2D eigenvalue weighted by Gasteiger charge is 2.29. The van der Waals surface area contributed by atoms with Crippen molar-refractivity contribution >= 4 is 27.7 Å². The molecule has 0 amide bonds. The molecule has 1 aliphatic rings. The molecule has 0 bridgehead atoms. The Morgan fingerprint density at radius 2 is 1.96 bits per heavy atom. The second kappa shape index (κ2) is 10.5. The van der Waals surface area contributed by atoms with Gasteiger partial charge in [-0.25, -0.2) is 18.1 Å². The fraction of sp³-hybridized carbons (Fsp3) is 0.650. The molecule has 1 aromatic rings. The predicted molar refractivity (Wildman–Crippen MR) is 120 cm³/mol. The number of hydrogen-bond donors (Lipinski definition) is 3. The van der Waals surface area contributed by atoms with E-state index in [1.54, 1.807) is 0 Å². The Balaban J connectivity index is 2.07. The summed E-state index contributed by atoms with van der Waals surface area (Å²) in [6.45, 7) is 10.1. The van der Waals surface area contributed by atoms with E-state index in [4.69, 9.17) is 4.99 Å². The maximum Gasteiger partial charge on any atom is 0.216 e. The number of sulfonamides is 1. The zero-order chi connectivity index (χ0) is 20.6. The minimum atomic E-state index is -3.37.